The van der Waals surface area contributed by atoms with Crippen LogP contribution in [0, 0.1) is 6.92 Å². The quantitative estimate of drug-likeness (QED) is 0.803. The third kappa shape index (κ3) is 3.76. The van der Waals surface area contributed by atoms with Crippen molar-refractivity contribution >= 4 is 5.91 Å². The lowest BCUT2D eigenvalue weighted by Gasteiger charge is -2.16. The average Bonchev–Trinajstić information content (AvgIpc) is 2.34. The molecule has 0 aliphatic rings. The van der Waals surface area contributed by atoms with Gasteiger partial charge in [-0.3, -0.25) is 4.79 Å². The Balaban J connectivity index is 2.64. The van der Waals surface area contributed by atoms with Crippen LogP contribution in [0.15, 0.2) is 18.2 Å². The third-order valence-electron chi connectivity index (χ3n) is 3.13. The van der Waals surface area contributed by atoms with Gasteiger partial charge in [-0.05, 0) is 43.0 Å². The highest BCUT2D eigenvalue weighted by molar-refractivity contribution is 5.77. The van der Waals surface area contributed by atoms with Crippen LogP contribution in [-0.4, -0.2) is 31.0 Å². The Kier molecular flexibility index (Phi) is 5.20. The van der Waals surface area contributed by atoms with Gasteiger partial charge in [0.25, 0.3) is 5.91 Å². The molecule has 0 bridgehead atoms. The Morgan fingerprint density at radius 1 is 1.39 bits per heavy atom. The number of hydrogen-bond acceptors (Lipinski definition) is 2. The SMILES string of the molecule is CCN(C)C(=O)COc1ccc(C(C)C)c(C)c1. The number of likely N-dealkylation sites (N-methyl/N-ethyl adjacent to an activating group) is 1. The van der Waals surface area contributed by atoms with Crippen molar-refractivity contribution in [1.82, 2.24) is 4.90 Å². The van der Waals surface area contributed by atoms with Crippen molar-refractivity contribution in [3.63, 3.8) is 0 Å². The Labute approximate surface area is 110 Å². The minimum absolute atomic E-state index is 0.00286. The number of carbonyl (C=O) groups is 1. The van der Waals surface area contributed by atoms with Gasteiger partial charge in [-0.15, -0.1) is 0 Å². The Morgan fingerprint density at radius 2 is 2.06 bits per heavy atom. The average molecular weight is 249 g/mol. The van der Waals surface area contributed by atoms with Gasteiger partial charge in [0.1, 0.15) is 5.75 Å². The molecule has 1 rings (SSSR count). The van der Waals surface area contributed by atoms with Gasteiger partial charge < -0.3 is 9.64 Å². The predicted octanol–water partition coefficient (Wildman–Crippen LogP) is 2.98. The molecule has 0 radical (unpaired) electrons. The molecule has 0 aliphatic carbocycles. The molecule has 100 valence electrons. The number of carbonyl (C=O) groups excluding carboxylic acids is 1. The lowest BCUT2D eigenvalue weighted by molar-refractivity contribution is -0.131. The number of ether oxygens (including phenoxy) is 1. The minimum Gasteiger partial charge on any atom is -0.484 e. The zero-order valence-electron chi connectivity index (χ0n) is 12.0. The van der Waals surface area contributed by atoms with Crippen LogP contribution in [0.25, 0.3) is 0 Å². The molecule has 1 aromatic carbocycles. The van der Waals surface area contributed by atoms with E-state index in [4.69, 9.17) is 4.74 Å². The maximum absolute atomic E-state index is 11.6. The maximum atomic E-state index is 11.6. The topological polar surface area (TPSA) is 29.5 Å². The first kappa shape index (κ1) is 14.6. The molecule has 1 aromatic rings. The Hall–Kier alpha value is -1.51. The highest BCUT2D eigenvalue weighted by atomic mass is 16.5. The van der Waals surface area contributed by atoms with E-state index in [9.17, 15) is 4.79 Å². The summed E-state index contributed by atoms with van der Waals surface area (Å²) < 4.78 is 5.52. The summed E-state index contributed by atoms with van der Waals surface area (Å²) in [5.74, 6) is 1.27. The predicted molar refractivity (Wildman–Crippen MR) is 74.1 cm³/mol. The molecule has 0 atom stereocenters. The van der Waals surface area contributed by atoms with E-state index in [1.54, 1.807) is 11.9 Å². The monoisotopic (exact) mass is 249 g/mol. The number of nitrogens with zero attached hydrogens (tertiary/aromatic N) is 1. The Morgan fingerprint density at radius 3 is 2.56 bits per heavy atom. The fourth-order valence-corrected chi connectivity index (χ4v) is 1.82. The third-order valence-corrected chi connectivity index (χ3v) is 3.13. The molecule has 1 amide bonds. The molecule has 0 fully saturated rings. The van der Waals surface area contributed by atoms with Gasteiger partial charge in [0.05, 0.1) is 0 Å². The van der Waals surface area contributed by atoms with Gasteiger partial charge >= 0.3 is 0 Å². The minimum atomic E-state index is 0.00286. The van der Waals surface area contributed by atoms with Gasteiger partial charge in [-0.2, -0.15) is 0 Å². The fraction of sp³-hybridized carbons (Fsp3) is 0.533. The molecule has 0 N–H and O–H groups in total. The molecule has 0 aromatic heterocycles. The zero-order valence-corrected chi connectivity index (χ0v) is 12.0. The van der Waals surface area contributed by atoms with Crippen molar-refractivity contribution in [2.24, 2.45) is 0 Å². The van der Waals surface area contributed by atoms with Crippen molar-refractivity contribution in [1.29, 1.82) is 0 Å². The van der Waals surface area contributed by atoms with Gasteiger partial charge in [-0.25, -0.2) is 0 Å². The first-order chi connectivity index (χ1) is 8.45. The van der Waals surface area contributed by atoms with Gasteiger partial charge in [0.15, 0.2) is 6.61 Å². The van der Waals surface area contributed by atoms with E-state index in [0.29, 0.717) is 12.5 Å². The normalized spacial score (nSPS) is 10.6. The number of benzene rings is 1. The van der Waals surface area contributed by atoms with Crippen molar-refractivity contribution < 1.29 is 9.53 Å². The van der Waals surface area contributed by atoms with E-state index in [2.05, 4.69) is 26.8 Å². The summed E-state index contributed by atoms with van der Waals surface area (Å²) in [6.07, 6.45) is 0. The largest absolute Gasteiger partial charge is 0.484 e. The summed E-state index contributed by atoms with van der Waals surface area (Å²) in [7, 11) is 1.78. The second-order valence-electron chi connectivity index (χ2n) is 4.87. The molecule has 0 aliphatic heterocycles. The summed E-state index contributed by atoms with van der Waals surface area (Å²) in [5.41, 5.74) is 2.53. The van der Waals surface area contributed by atoms with Gasteiger partial charge in [0.2, 0.25) is 0 Å². The van der Waals surface area contributed by atoms with Crippen LogP contribution in [0.4, 0.5) is 0 Å². The molecule has 0 heterocycles. The molecule has 0 spiro atoms. The summed E-state index contributed by atoms with van der Waals surface area (Å²) in [6, 6.07) is 6.00. The lowest BCUT2D eigenvalue weighted by atomic mass is 9.98. The molecule has 3 heteroatoms. The van der Waals surface area contributed by atoms with Crippen molar-refractivity contribution in [3.05, 3.63) is 29.3 Å². The van der Waals surface area contributed by atoms with Crippen LogP contribution >= 0.6 is 0 Å². The van der Waals surface area contributed by atoms with Crippen molar-refractivity contribution in [3.8, 4) is 5.75 Å². The standard InChI is InChI=1S/C15H23NO2/c1-6-16(5)15(17)10-18-13-7-8-14(11(2)3)12(4)9-13/h7-9,11H,6,10H2,1-5H3. The van der Waals surface area contributed by atoms with E-state index >= 15 is 0 Å². The summed E-state index contributed by atoms with van der Waals surface area (Å²) >= 11 is 0. The van der Waals surface area contributed by atoms with E-state index in [1.165, 1.54) is 11.1 Å². The van der Waals surface area contributed by atoms with Crippen LogP contribution < -0.4 is 4.74 Å². The van der Waals surface area contributed by atoms with Crippen molar-refractivity contribution in [2.45, 2.75) is 33.6 Å². The van der Waals surface area contributed by atoms with Gasteiger partial charge in [0, 0.05) is 13.6 Å². The molecule has 0 unspecified atom stereocenters. The van der Waals surface area contributed by atoms with Crippen LogP contribution in [0.5, 0.6) is 5.75 Å². The van der Waals surface area contributed by atoms with E-state index < -0.39 is 0 Å². The second-order valence-corrected chi connectivity index (χ2v) is 4.87. The van der Waals surface area contributed by atoms with E-state index in [1.807, 2.05) is 19.1 Å². The highest BCUT2D eigenvalue weighted by Gasteiger charge is 2.09. The number of hydrogen-bond donors (Lipinski definition) is 0. The molecule has 0 saturated carbocycles. The smallest absolute Gasteiger partial charge is 0.260 e. The molecule has 18 heavy (non-hydrogen) atoms. The second kappa shape index (κ2) is 6.43. The molecule has 0 saturated heterocycles. The maximum Gasteiger partial charge on any atom is 0.260 e. The zero-order chi connectivity index (χ0) is 13.7. The van der Waals surface area contributed by atoms with Gasteiger partial charge in [-0.1, -0.05) is 19.9 Å². The van der Waals surface area contributed by atoms with Crippen LogP contribution in [-0.2, 0) is 4.79 Å². The molecule has 3 nitrogen and oxygen atoms in total. The Bertz CT molecular complexity index is 413. The lowest BCUT2D eigenvalue weighted by Crippen LogP contribution is -2.31. The van der Waals surface area contributed by atoms with Crippen LogP contribution in [0.1, 0.15) is 37.8 Å². The number of rotatable bonds is 5. The molecular weight excluding hydrogens is 226 g/mol. The number of aryl methyl sites for hydroxylation is 1. The summed E-state index contributed by atoms with van der Waals surface area (Å²) in [5, 5.41) is 0. The van der Waals surface area contributed by atoms with Crippen LogP contribution in [0.2, 0.25) is 0 Å². The van der Waals surface area contributed by atoms with E-state index in [0.717, 1.165) is 5.75 Å². The van der Waals surface area contributed by atoms with Crippen LogP contribution in [0.3, 0.4) is 0 Å². The highest BCUT2D eigenvalue weighted by Crippen LogP contribution is 2.23. The first-order valence-corrected chi connectivity index (χ1v) is 6.43. The summed E-state index contributed by atoms with van der Waals surface area (Å²) in [4.78, 5) is 13.3. The first-order valence-electron chi connectivity index (χ1n) is 6.43. The van der Waals surface area contributed by atoms with E-state index in [-0.39, 0.29) is 12.5 Å². The fourth-order valence-electron chi connectivity index (χ4n) is 1.82. The number of amides is 1. The van der Waals surface area contributed by atoms with Crippen molar-refractivity contribution in [2.75, 3.05) is 20.2 Å². The summed E-state index contributed by atoms with van der Waals surface area (Å²) in [6.45, 7) is 9.16. The molecular formula is C15H23NO2.